The molecule has 0 radical (unpaired) electrons. The molecule has 0 N–H and O–H groups in total. The number of hydrogen-bond donors (Lipinski definition) is 0. The summed E-state index contributed by atoms with van der Waals surface area (Å²) in [6.07, 6.45) is 0. The first-order chi connectivity index (χ1) is 14.1. The lowest BCUT2D eigenvalue weighted by molar-refractivity contribution is 0.0431. The van der Waals surface area contributed by atoms with E-state index in [1.54, 1.807) is 18.2 Å². The Morgan fingerprint density at radius 2 is 1.83 bits per heavy atom. The van der Waals surface area contributed by atoms with Crippen LogP contribution in [0.25, 0.3) is 0 Å². The lowest BCUT2D eigenvalue weighted by atomic mass is 10.2. The van der Waals surface area contributed by atoms with E-state index >= 15 is 0 Å². The van der Waals surface area contributed by atoms with Crippen LogP contribution in [0.15, 0.2) is 52.9 Å². The lowest BCUT2D eigenvalue weighted by Crippen LogP contribution is -2.16. The summed E-state index contributed by atoms with van der Waals surface area (Å²) >= 11 is 6.18. The molecule has 1 aliphatic heterocycles. The molecule has 2 heterocycles. The van der Waals surface area contributed by atoms with E-state index in [-0.39, 0.29) is 24.8 Å². The van der Waals surface area contributed by atoms with Crippen LogP contribution in [0.4, 0.5) is 4.39 Å². The molecule has 4 rings (SSSR count). The first-order valence-electron chi connectivity index (χ1n) is 8.81. The molecular formula is C21H16ClFO6. The molecule has 0 unspecified atom stereocenters. The number of carbonyl (C=O) groups excluding carboxylic acids is 1. The van der Waals surface area contributed by atoms with E-state index in [9.17, 15) is 9.18 Å². The van der Waals surface area contributed by atoms with Gasteiger partial charge in [-0.3, -0.25) is 0 Å². The number of hydrogen-bond acceptors (Lipinski definition) is 6. The molecule has 3 aromatic rings. The number of fused-ring (bicyclic) bond motifs is 1. The summed E-state index contributed by atoms with van der Waals surface area (Å²) in [4.78, 5) is 12.2. The standard InChI is InChI=1S/C21H16ClFO6/c22-17-9-13(10-19-20(17)26-8-7-25-19)11-28-21(24)18-6-5-16(29-18)12-27-15-3-1-14(23)2-4-15/h1-6,9-10H,7-8,11-12H2. The third-order valence-corrected chi connectivity index (χ3v) is 4.36. The minimum Gasteiger partial charge on any atom is -0.486 e. The van der Waals surface area contributed by atoms with E-state index in [1.165, 1.54) is 30.3 Å². The van der Waals surface area contributed by atoms with Gasteiger partial charge in [0.1, 0.15) is 43.8 Å². The van der Waals surface area contributed by atoms with Crippen LogP contribution in [0.1, 0.15) is 21.9 Å². The zero-order chi connectivity index (χ0) is 20.2. The van der Waals surface area contributed by atoms with Gasteiger partial charge in [0.15, 0.2) is 11.5 Å². The van der Waals surface area contributed by atoms with Crippen molar-refractivity contribution in [3.05, 3.63) is 76.5 Å². The molecule has 8 heteroatoms. The van der Waals surface area contributed by atoms with Crippen LogP contribution >= 0.6 is 11.6 Å². The van der Waals surface area contributed by atoms with Gasteiger partial charge in [-0.15, -0.1) is 0 Å². The third kappa shape index (κ3) is 4.63. The molecule has 6 nitrogen and oxygen atoms in total. The van der Waals surface area contributed by atoms with Crippen LogP contribution in [0.2, 0.25) is 5.02 Å². The SMILES string of the molecule is O=C(OCc1cc(Cl)c2c(c1)OCCO2)c1ccc(COc2ccc(F)cc2)o1. The summed E-state index contributed by atoms with van der Waals surface area (Å²) in [5.74, 6) is 1.01. The minimum atomic E-state index is -0.621. The van der Waals surface area contributed by atoms with Gasteiger partial charge in [0, 0.05) is 0 Å². The van der Waals surface area contributed by atoms with Gasteiger partial charge in [-0.2, -0.15) is 0 Å². The van der Waals surface area contributed by atoms with Crippen LogP contribution in [0.3, 0.4) is 0 Å². The Kier molecular flexibility index (Phi) is 5.57. The summed E-state index contributed by atoms with van der Waals surface area (Å²) in [6, 6.07) is 12.1. The van der Waals surface area contributed by atoms with Gasteiger partial charge in [0.25, 0.3) is 0 Å². The number of furan rings is 1. The van der Waals surface area contributed by atoms with Crippen LogP contribution in [-0.4, -0.2) is 19.2 Å². The van der Waals surface area contributed by atoms with Gasteiger partial charge >= 0.3 is 5.97 Å². The van der Waals surface area contributed by atoms with E-state index in [4.69, 9.17) is 35.0 Å². The number of benzene rings is 2. The molecule has 0 saturated heterocycles. The predicted molar refractivity (Wildman–Crippen MR) is 101 cm³/mol. The second-order valence-electron chi connectivity index (χ2n) is 6.19. The van der Waals surface area contributed by atoms with Crippen molar-refractivity contribution in [3.63, 3.8) is 0 Å². The van der Waals surface area contributed by atoms with Crippen molar-refractivity contribution in [1.82, 2.24) is 0 Å². The number of carbonyl (C=O) groups is 1. The average Bonchev–Trinajstić information content (AvgIpc) is 3.21. The van der Waals surface area contributed by atoms with Crippen LogP contribution in [-0.2, 0) is 18.0 Å². The highest BCUT2D eigenvalue weighted by Gasteiger charge is 2.18. The predicted octanol–water partition coefficient (Wildman–Crippen LogP) is 4.78. The molecule has 0 spiro atoms. The average molecular weight is 419 g/mol. The maximum Gasteiger partial charge on any atom is 0.374 e. The third-order valence-electron chi connectivity index (χ3n) is 4.08. The highest BCUT2D eigenvalue weighted by Crippen LogP contribution is 2.38. The summed E-state index contributed by atoms with van der Waals surface area (Å²) in [5, 5.41) is 0.395. The molecule has 0 saturated carbocycles. The topological polar surface area (TPSA) is 67.1 Å². The van der Waals surface area contributed by atoms with Crippen molar-refractivity contribution >= 4 is 17.6 Å². The maximum absolute atomic E-state index is 12.9. The molecule has 0 amide bonds. The van der Waals surface area contributed by atoms with E-state index in [0.717, 1.165) is 0 Å². The Hall–Kier alpha value is -3.19. The molecule has 29 heavy (non-hydrogen) atoms. The molecule has 0 bridgehead atoms. The molecule has 1 aliphatic rings. The first-order valence-corrected chi connectivity index (χ1v) is 9.18. The zero-order valence-corrected chi connectivity index (χ0v) is 15.9. The van der Waals surface area contributed by atoms with Gasteiger partial charge in [-0.1, -0.05) is 11.6 Å². The van der Waals surface area contributed by atoms with Gasteiger partial charge in [0.05, 0.1) is 5.02 Å². The van der Waals surface area contributed by atoms with Crippen LogP contribution < -0.4 is 14.2 Å². The van der Waals surface area contributed by atoms with Gasteiger partial charge in [-0.25, -0.2) is 9.18 Å². The quantitative estimate of drug-likeness (QED) is 0.537. The highest BCUT2D eigenvalue weighted by molar-refractivity contribution is 6.32. The van der Waals surface area contributed by atoms with Crippen LogP contribution in [0, 0.1) is 5.82 Å². The summed E-state index contributed by atoms with van der Waals surface area (Å²) in [6.45, 7) is 0.961. The second-order valence-corrected chi connectivity index (χ2v) is 6.59. The molecule has 2 aromatic carbocycles. The van der Waals surface area contributed by atoms with Crippen molar-refractivity contribution in [1.29, 1.82) is 0 Å². The van der Waals surface area contributed by atoms with Gasteiger partial charge in [0.2, 0.25) is 5.76 Å². The van der Waals surface area contributed by atoms with Crippen molar-refractivity contribution in [2.75, 3.05) is 13.2 Å². The number of ether oxygens (including phenoxy) is 4. The van der Waals surface area contributed by atoms with Crippen molar-refractivity contribution < 1.29 is 32.5 Å². The maximum atomic E-state index is 12.9. The summed E-state index contributed by atoms with van der Waals surface area (Å²) < 4.78 is 40.1. The number of esters is 1. The molecule has 0 aliphatic carbocycles. The molecule has 1 aromatic heterocycles. The lowest BCUT2D eigenvalue weighted by Gasteiger charge is -2.20. The van der Waals surface area contributed by atoms with Crippen molar-refractivity contribution in [2.45, 2.75) is 13.2 Å². The second kappa shape index (κ2) is 8.45. The fourth-order valence-electron chi connectivity index (χ4n) is 2.72. The normalized spacial score (nSPS) is 12.5. The number of halogens is 2. The fourth-order valence-corrected chi connectivity index (χ4v) is 3.01. The Labute approximate surface area is 170 Å². The number of rotatable bonds is 6. The largest absolute Gasteiger partial charge is 0.486 e. The Morgan fingerprint density at radius 1 is 1.03 bits per heavy atom. The molecule has 0 atom stereocenters. The summed E-state index contributed by atoms with van der Waals surface area (Å²) in [5.41, 5.74) is 0.666. The highest BCUT2D eigenvalue weighted by atomic mass is 35.5. The smallest absolute Gasteiger partial charge is 0.374 e. The van der Waals surface area contributed by atoms with E-state index in [2.05, 4.69) is 0 Å². The van der Waals surface area contributed by atoms with Crippen molar-refractivity contribution in [2.24, 2.45) is 0 Å². The molecular weight excluding hydrogens is 403 g/mol. The van der Waals surface area contributed by atoms with Gasteiger partial charge < -0.3 is 23.4 Å². The summed E-state index contributed by atoms with van der Waals surface area (Å²) in [7, 11) is 0. The Morgan fingerprint density at radius 3 is 2.66 bits per heavy atom. The Bertz CT molecular complexity index is 1010. The Balaban J connectivity index is 1.33. The molecule has 150 valence electrons. The molecule has 0 fully saturated rings. The monoisotopic (exact) mass is 418 g/mol. The first kappa shape index (κ1) is 19.1. The fraction of sp³-hybridized carbons (Fsp3) is 0.190. The van der Waals surface area contributed by atoms with E-state index in [1.807, 2.05) is 0 Å². The van der Waals surface area contributed by atoms with E-state index < -0.39 is 5.97 Å². The van der Waals surface area contributed by atoms with Gasteiger partial charge in [-0.05, 0) is 54.1 Å². The zero-order valence-electron chi connectivity index (χ0n) is 15.2. The van der Waals surface area contributed by atoms with Crippen LogP contribution in [0.5, 0.6) is 17.2 Å². The van der Waals surface area contributed by atoms with Crippen molar-refractivity contribution in [3.8, 4) is 17.2 Å². The minimum absolute atomic E-state index is 0.00267. The van der Waals surface area contributed by atoms with E-state index in [0.29, 0.717) is 46.8 Å².